The predicted octanol–water partition coefficient (Wildman–Crippen LogP) is 1.68. The maximum atomic E-state index is 12.9. The number of piperazine rings is 1. The van der Waals surface area contributed by atoms with Crippen LogP contribution in [0.4, 0.5) is 30.2 Å². The molecule has 0 saturated carbocycles. The second-order valence-corrected chi connectivity index (χ2v) is 5.93. The molecule has 1 aromatic rings. The summed E-state index contributed by atoms with van der Waals surface area (Å²) in [6.07, 6.45) is -4.91. The van der Waals surface area contributed by atoms with Crippen molar-refractivity contribution in [1.29, 1.82) is 0 Å². The molecule has 2 rings (SSSR count). The van der Waals surface area contributed by atoms with E-state index in [9.17, 15) is 33.4 Å². The van der Waals surface area contributed by atoms with Crippen molar-refractivity contribution in [2.24, 2.45) is 0 Å². The minimum absolute atomic E-state index is 0.00440. The van der Waals surface area contributed by atoms with Crippen LogP contribution in [-0.4, -0.2) is 35.0 Å². The van der Waals surface area contributed by atoms with Gasteiger partial charge in [-0.1, -0.05) is 0 Å². The van der Waals surface area contributed by atoms with Crippen molar-refractivity contribution in [3.05, 3.63) is 37.9 Å². The number of anilines is 1. The van der Waals surface area contributed by atoms with Gasteiger partial charge in [-0.15, -0.1) is 0 Å². The molecule has 0 unspecified atom stereocenters. The van der Waals surface area contributed by atoms with Gasteiger partial charge < -0.3 is 10.2 Å². The minimum atomic E-state index is -4.91. The van der Waals surface area contributed by atoms with E-state index in [1.165, 1.54) is 4.90 Å². The normalized spacial score (nSPS) is 21.6. The number of hydrogen-bond acceptors (Lipinski definition) is 5. The van der Waals surface area contributed by atoms with E-state index < -0.39 is 33.0 Å². The Morgan fingerprint density at radius 2 is 1.50 bits per heavy atom. The first-order chi connectivity index (χ1) is 11.0. The molecule has 132 valence electrons. The molecule has 0 aliphatic carbocycles. The molecule has 1 aliphatic rings. The van der Waals surface area contributed by atoms with Crippen LogP contribution in [0, 0.1) is 20.2 Å². The van der Waals surface area contributed by atoms with Crippen LogP contribution in [0.15, 0.2) is 12.1 Å². The number of nitrogens with zero attached hydrogens (tertiary/aromatic N) is 3. The van der Waals surface area contributed by atoms with Gasteiger partial charge in [0.2, 0.25) is 0 Å². The van der Waals surface area contributed by atoms with Gasteiger partial charge in [0.25, 0.3) is 11.4 Å². The van der Waals surface area contributed by atoms with Gasteiger partial charge in [0, 0.05) is 12.1 Å². The maximum absolute atomic E-state index is 12.9. The Kier molecular flexibility index (Phi) is 4.65. The van der Waals surface area contributed by atoms with Crippen molar-refractivity contribution < 1.29 is 28.3 Å². The molecular weight excluding hydrogens is 333 g/mol. The SMILES string of the molecule is C[C@@H]1CN(c2c([N+](=O)[O-])cc(C(F)(F)F)cc2[N+](=O)[O-])C[C@@H](C)[NH2+]1. The molecule has 0 amide bonds. The largest absolute Gasteiger partial charge is 0.416 e. The quantitative estimate of drug-likeness (QED) is 0.660. The molecule has 1 saturated heterocycles. The van der Waals surface area contributed by atoms with E-state index in [0.717, 1.165) is 0 Å². The summed E-state index contributed by atoms with van der Waals surface area (Å²) in [6.45, 7) is 4.20. The van der Waals surface area contributed by atoms with Gasteiger partial charge in [-0.2, -0.15) is 13.2 Å². The van der Waals surface area contributed by atoms with Gasteiger partial charge in [-0.25, -0.2) is 0 Å². The van der Waals surface area contributed by atoms with Gasteiger partial charge in [-0.05, 0) is 13.8 Å². The fraction of sp³-hybridized carbons (Fsp3) is 0.538. The highest BCUT2D eigenvalue weighted by atomic mass is 19.4. The van der Waals surface area contributed by atoms with Crippen molar-refractivity contribution >= 4 is 17.1 Å². The van der Waals surface area contributed by atoms with Crippen LogP contribution >= 0.6 is 0 Å². The molecule has 1 heterocycles. The van der Waals surface area contributed by atoms with Crippen LogP contribution in [0.5, 0.6) is 0 Å². The van der Waals surface area contributed by atoms with E-state index in [1.54, 1.807) is 0 Å². The van der Waals surface area contributed by atoms with E-state index in [-0.39, 0.29) is 30.9 Å². The molecule has 0 aromatic heterocycles. The third kappa shape index (κ3) is 3.55. The molecule has 1 aromatic carbocycles. The molecule has 2 atom stereocenters. The van der Waals surface area contributed by atoms with E-state index in [0.29, 0.717) is 12.1 Å². The average Bonchev–Trinajstić information content (AvgIpc) is 2.43. The van der Waals surface area contributed by atoms with Crippen LogP contribution in [0.2, 0.25) is 0 Å². The number of quaternary nitrogens is 1. The third-order valence-electron chi connectivity index (χ3n) is 3.78. The molecule has 1 aliphatic heterocycles. The summed E-state index contributed by atoms with van der Waals surface area (Å²) >= 11 is 0. The molecule has 0 bridgehead atoms. The lowest BCUT2D eigenvalue weighted by atomic mass is 10.1. The summed E-state index contributed by atoms with van der Waals surface area (Å²) in [4.78, 5) is 21.9. The first kappa shape index (κ1) is 17.9. The summed E-state index contributed by atoms with van der Waals surface area (Å²) in [5, 5.41) is 24.5. The van der Waals surface area contributed by atoms with Gasteiger partial charge in [0.05, 0.1) is 28.5 Å². The summed E-state index contributed by atoms with van der Waals surface area (Å²) in [6, 6.07) is 0.705. The Labute approximate surface area is 134 Å². The Balaban J connectivity index is 2.68. The van der Waals surface area contributed by atoms with Crippen molar-refractivity contribution in [3.8, 4) is 0 Å². The lowest BCUT2D eigenvalue weighted by Crippen LogP contribution is -2.99. The van der Waals surface area contributed by atoms with Gasteiger partial charge >= 0.3 is 6.18 Å². The zero-order chi connectivity index (χ0) is 18.2. The predicted molar refractivity (Wildman–Crippen MR) is 77.8 cm³/mol. The summed E-state index contributed by atoms with van der Waals surface area (Å²) in [7, 11) is 0. The molecule has 8 nitrogen and oxygen atoms in total. The first-order valence-corrected chi connectivity index (χ1v) is 7.14. The second kappa shape index (κ2) is 6.23. The molecule has 0 radical (unpaired) electrons. The standard InChI is InChI=1S/C13H15F3N4O4/c1-7-5-18(6-8(2)17-7)12-10(19(21)22)3-9(13(14,15)16)4-11(12)20(23)24/h3-4,7-8,17H,5-6H2,1-2H3/p+1/t7-,8-/m1/s1. The molecule has 0 spiro atoms. The number of nitrogens with two attached hydrogens (primary N) is 1. The molecule has 11 heteroatoms. The third-order valence-corrected chi connectivity index (χ3v) is 3.78. The zero-order valence-corrected chi connectivity index (χ0v) is 12.9. The lowest BCUT2D eigenvalue weighted by molar-refractivity contribution is -0.716. The fourth-order valence-corrected chi connectivity index (χ4v) is 3.01. The minimum Gasteiger partial charge on any atom is -0.348 e. The highest BCUT2D eigenvalue weighted by molar-refractivity contribution is 5.76. The maximum Gasteiger partial charge on any atom is 0.416 e. The van der Waals surface area contributed by atoms with Crippen LogP contribution in [-0.2, 0) is 6.18 Å². The van der Waals surface area contributed by atoms with Gasteiger partial charge in [-0.3, -0.25) is 20.2 Å². The molecule has 24 heavy (non-hydrogen) atoms. The van der Waals surface area contributed by atoms with E-state index in [1.807, 2.05) is 19.2 Å². The van der Waals surface area contributed by atoms with Crippen LogP contribution in [0.25, 0.3) is 0 Å². The topological polar surface area (TPSA) is 106 Å². The summed E-state index contributed by atoms with van der Waals surface area (Å²) < 4.78 is 38.7. The molecular formula is C13H16F3N4O4+. The Bertz CT molecular complexity index is 635. The first-order valence-electron chi connectivity index (χ1n) is 7.14. The number of benzene rings is 1. The lowest BCUT2D eigenvalue weighted by Gasteiger charge is -2.34. The van der Waals surface area contributed by atoms with E-state index in [2.05, 4.69) is 0 Å². The smallest absolute Gasteiger partial charge is 0.348 e. The van der Waals surface area contributed by atoms with Crippen molar-refractivity contribution in [2.75, 3.05) is 18.0 Å². The summed E-state index contributed by atoms with van der Waals surface area (Å²) in [5.74, 6) is 0. The number of hydrogen-bond donors (Lipinski definition) is 1. The average molecular weight is 349 g/mol. The van der Waals surface area contributed by atoms with Gasteiger partial charge in [0.1, 0.15) is 12.1 Å². The number of alkyl halides is 3. The van der Waals surface area contributed by atoms with Crippen LogP contribution < -0.4 is 10.2 Å². The highest BCUT2D eigenvalue weighted by Crippen LogP contribution is 2.43. The fourth-order valence-electron chi connectivity index (χ4n) is 3.01. The monoisotopic (exact) mass is 349 g/mol. The number of nitro benzene ring substituents is 2. The Morgan fingerprint density at radius 1 is 1.08 bits per heavy atom. The highest BCUT2D eigenvalue weighted by Gasteiger charge is 2.40. The van der Waals surface area contributed by atoms with Crippen LogP contribution in [0.3, 0.4) is 0 Å². The van der Waals surface area contributed by atoms with Gasteiger partial charge in [0.15, 0.2) is 5.69 Å². The Morgan fingerprint density at radius 3 is 1.83 bits per heavy atom. The molecule has 1 fully saturated rings. The van der Waals surface area contributed by atoms with Crippen molar-refractivity contribution in [2.45, 2.75) is 32.1 Å². The Hall–Kier alpha value is -2.43. The number of nitro groups is 2. The molecule has 2 N–H and O–H groups in total. The van der Waals surface area contributed by atoms with Crippen LogP contribution in [0.1, 0.15) is 19.4 Å². The van der Waals surface area contributed by atoms with E-state index in [4.69, 9.17) is 0 Å². The number of rotatable bonds is 3. The second-order valence-electron chi connectivity index (χ2n) is 5.93. The zero-order valence-electron chi connectivity index (χ0n) is 12.9. The van der Waals surface area contributed by atoms with Crippen molar-refractivity contribution in [3.63, 3.8) is 0 Å². The van der Waals surface area contributed by atoms with E-state index >= 15 is 0 Å². The van der Waals surface area contributed by atoms with Crippen molar-refractivity contribution in [1.82, 2.24) is 0 Å². The summed E-state index contributed by atoms with van der Waals surface area (Å²) in [5.41, 5.74) is -3.59. The number of halogens is 3.